The third-order valence-corrected chi connectivity index (χ3v) is 3.29. The van der Waals surface area contributed by atoms with Crippen LogP contribution in [0.3, 0.4) is 0 Å². The summed E-state index contributed by atoms with van der Waals surface area (Å²) < 4.78 is 0. The molecule has 15 heavy (non-hydrogen) atoms. The number of aliphatic carboxylic acids is 1. The smallest absolute Gasteiger partial charge is 0.307 e. The van der Waals surface area contributed by atoms with E-state index in [-0.39, 0.29) is 17.0 Å². The van der Waals surface area contributed by atoms with E-state index in [2.05, 4.69) is 15.9 Å². The van der Waals surface area contributed by atoms with Gasteiger partial charge in [0.05, 0.1) is 11.2 Å². The summed E-state index contributed by atoms with van der Waals surface area (Å²) in [4.78, 5) is 22.1. The van der Waals surface area contributed by atoms with Crippen LogP contribution in [0, 0.1) is 0 Å². The Morgan fingerprint density at radius 2 is 2.27 bits per heavy atom. The summed E-state index contributed by atoms with van der Waals surface area (Å²) >= 11 is 3.29. The van der Waals surface area contributed by atoms with Gasteiger partial charge in [-0.1, -0.05) is 34.1 Å². The molecule has 0 saturated heterocycles. The topological polar surface area (TPSA) is 54.4 Å². The van der Waals surface area contributed by atoms with Crippen molar-refractivity contribution in [3.63, 3.8) is 0 Å². The van der Waals surface area contributed by atoms with E-state index < -0.39 is 5.97 Å². The fourth-order valence-corrected chi connectivity index (χ4v) is 2.45. The van der Waals surface area contributed by atoms with Gasteiger partial charge >= 0.3 is 5.97 Å². The van der Waals surface area contributed by atoms with Gasteiger partial charge in [-0.15, -0.1) is 0 Å². The molecule has 0 saturated carbocycles. The van der Waals surface area contributed by atoms with Gasteiger partial charge in [0.2, 0.25) is 0 Å². The molecular weight excluding hydrogens is 260 g/mol. The Balaban J connectivity index is 2.45. The highest BCUT2D eigenvalue weighted by molar-refractivity contribution is 9.10. The number of carbonyl (C=O) groups excluding carboxylic acids is 1. The fourth-order valence-electron chi connectivity index (χ4n) is 1.88. The Morgan fingerprint density at radius 1 is 1.53 bits per heavy atom. The number of rotatable bonds is 2. The zero-order valence-electron chi connectivity index (χ0n) is 7.87. The monoisotopic (exact) mass is 268 g/mol. The number of alkyl halides is 1. The Hall–Kier alpha value is -1.16. The molecule has 3 nitrogen and oxygen atoms in total. The van der Waals surface area contributed by atoms with Crippen LogP contribution in [0.25, 0.3) is 0 Å². The SMILES string of the molecule is O=C(O)Cc1cccc2c1CC(Br)C2=O. The quantitative estimate of drug-likeness (QED) is 0.833. The van der Waals surface area contributed by atoms with Crippen LogP contribution >= 0.6 is 15.9 Å². The lowest BCUT2D eigenvalue weighted by Gasteiger charge is -2.04. The Morgan fingerprint density at radius 3 is 2.93 bits per heavy atom. The molecule has 1 atom stereocenters. The molecule has 1 aromatic rings. The van der Waals surface area contributed by atoms with Crippen molar-refractivity contribution in [3.8, 4) is 0 Å². The highest BCUT2D eigenvalue weighted by Crippen LogP contribution is 2.29. The predicted octanol–water partition coefficient (Wildman–Crippen LogP) is 1.82. The lowest BCUT2D eigenvalue weighted by molar-refractivity contribution is -0.136. The lowest BCUT2D eigenvalue weighted by atomic mass is 10.0. The normalized spacial score (nSPS) is 19.0. The minimum absolute atomic E-state index is 0.0177. The van der Waals surface area contributed by atoms with Gasteiger partial charge in [0, 0.05) is 5.56 Å². The van der Waals surface area contributed by atoms with Gasteiger partial charge < -0.3 is 5.11 Å². The Bertz CT molecular complexity index is 439. The standard InChI is InChI=1S/C11H9BrO3/c12-9-5-8-6(4-10(13)14)2-1-3-7(8)11(9)15/h1-3,9H,4-5H2,(H,13,14). The summed E-state index contributed by atoms with van der Waals surface area (Å²) in [6.07, 6.45) is 0.577. The summed E-state index contributed by atoms with van der Waals surface area (Å²) in [6, 6.07) is 5.26. The molecular formula is C11H9BrO3. The van der Waals surface area contributed by atoms with Gasteiger partial charge in [0.15, 0.2) is 5.78 Å². The minimum Gasteiger partial charge on any atom is -0.481 e. The van der Waals surface area contributed by atoms with Crippen LogP contribution in [0.2, 0.25) is 0 Å². The summed E-state index contributed by atoms with van der Waals surface area (Å²) in [7, 11) is 0. The van der Waals surface area contributed by atoms with E-state index in [1.807, 2.05) is 0 Å². The molecule has 0 fully saturated rings. The third kappa shape index (κ3) is 1.81. The average molecular weight is 269 g/mol. The van der Waals surface area contributed by atoms with Gasteiger partial charge in [-0.3, -0.25) is 9.59 Å². The first-order valence-electron chi connectivity index (χ1n) is 4.60. The van der Waals surface area contributed by atoms with Crippen molar-refractivity contribution < 1.29 is 14.7 Å². The number of carboxylic acid groups (broad SMARTS) is 1. The molecule has 0 aliphatic heterocycles. The minimum atomic E-state index is -0.867. The van der Waals surface area contributed by atoms with Gasteiger partial charge in [0.1, 0.15) is 0 Å². The first-order valence-corrected chi connectivity index (χ1v) is 5.52. The van der Waals surface area contributed by atoms with Crippen LogP contribution in [0.1, 0.15) is 21.5 Å². The first kappa shape index (κ1) is 10.4. The number of ketones is 1. The van der Waals surface area contributed by atoms with Crippen LogP contribution in [0.15, 0.2) is 18.2 Å². The maximum atomic E-state index is 11.6. The first-order chi connectivity index (χ1) is 7.09. The number of fused-ring (bicyclic) bond motifs is 1. The number of hydrogen-bond donors (Lipinski definition) is 1. The Labute approximate surface area is 95.2 Å². The molecule has 0 amide bonds. The molecule has 0 spiro atoms. The molecule has 0 aromatic heterocycles. The summed E-state index contributed by atoms with van der Waals surface area (Å²) in [5, 5.41) is 8.73. The average Bonchev–Trinajstić information content (AvgIpc) is 2.45. The number of halogens is 1. The zero-order valence-corrected chi connectivity index (χ0v) is 9.45. The second-order valence-corrected chi connectivity index (χ2v) is 4.65. The maximum Gasteiger partial charge on any atom is 0.307 e. The maximum absolute atomic E-state index is 11.6. The zero-order chi connectivity index (χ0) is 11.0. The van der Waals surface area contributed by atoms with Crippen molar-refractivity contribution >= 4 is 27.7 Å². The predicted molar refractivity (Wildman–Crippen MR) is 58.5 cm³/mol. The second kappa shape index (κ2) is 3.77. The Kier molecular flexibility index (Phi) is 2.61. The molecule has 0 bridgehead atoms. The summed E-state index contributed by atoms with van der Waals surface area (Å²) in [6.45, 7) is 0. The number of Topliss-reactive ketones (excluding diaryl/α,β-unsaturated/α-hetero) is 1. The molecule has 78 valence electrons. The molecule has 4 heteroatoms. The van der Waals surface area contributed by atoms with Crippen LogP contribution in [0.4, 0.5) is 0 Å². The van der Waals surface area contributed by atoms with Crippen molar-refractivity contribution in [3.05, 3.63) is 34.9 Å². The number of carboxylic acids is 1. The largest absolute Gasteiger partial charge is 0.481 e. The molecule has 1 aromatic carbocycles. The van der Waals surface area contributed by atoms with E-state index in [1.54, 1.807) is 18.2 Å². The highest BCUT2D eigenvalue weighted by Gasteiger charge is 2.30. The van der Waals surface area contributed by atoms with Gasteiger partial charge in [-0.2, -0.15) is 0 Å². The molecule has 2 rings (SSSR count). The molecule has 1 aliphatic rings. The van der Waals surface area contributed by atoms with Gasteiger partial charge in [0.25, 0.3) is 0 Å². The van der Waals surface area contributed by atoms with E-state index >= 15 is 0 Å². The van der Waals surface area contributed by atoms with Crippen LogP contribution in [-0.2, 0) is 17.6 Å². The fraction of sp³-hybridized carbons (Fsp3) is 0.273. The second-order valence-electron chi connectivity index (χ2n) is 3.55. The van der Waals surface area contributed by atoms with Gasteiger partial charge in [-0.25, -0.2) is 0 Å². The molecule has 1 N–H and O–H groups in total. The number of hydrogen-bond acceptors (Lipinski definition) is 2. The molecule has 1 aliphatic carbocycles. The van der Waals surface area contributed by atoms with E-state index in [1.165, 1.54) is 0 Å². The van der Waals surface area contributed by atoms with Crippen LogP contribution in [0.5, 0.6) is 0 Å². The number of benzene rings is 1. The highest BCUT2D eigenvalue weighted by atomic mass is 79.9. The van der Waals surface area contributed by atoms with Gasteiger partial charge in [-0.05, 0) is 17.5 Å². The van der Waals surface area contributed by atoms with E-state index in [0.29, 0.717) is 12.0 Å². The van der Waals surface area contributed by atoms with Crippen LogP contribution < -0.4 is 0 Å². The van der Waals surface area contributed by atoms with Crippen molar-refractivity contribution in [2.75, 3.05) is 0 Å². The molecule has 0 heterocycles. The van der Waals surface area contributed by atoms with E-state index in [4.69, 9.17) is 5.11 Å². The van der Waals surface area contributed by atoms with E-state index in [9.17, 15) is 9.59 Å². The van der Waals surface area contributed by atoms with Crippen molar-refractivity contribution in [1.29, 1.82) is 0 Å². The van der Waals surface area contributed by atoms with Crippen molar-refractivity contribution in [1.82, 2.24) is 0 Å². The molecule has 0 radical (unpaired) electrons. The lowest BCUT2D eigenvalue weighted by Crippen LogP contribution is -2.05. The summed E-state index contributed by atoms with van der Waals surface area (Å²) in [5.41, 5.74) is 2.29. The molecule has 1 unspecified atom stereocenters. The van der Waals surface area contributed by atoms with Crippen LogP contribution in [-0.4, -0.2) is 21.7 Å². The third-order valence-electron chi connectivity index (χ3n) is 2.55. The summed E-state index contributed by atoms with van der Waals surface area (Å²) in [5.74, 6) is -0.814. The van der Waals surface area contributed by atoms with Crippen molar-refractivity contribution in [2.24, 2.45) is 0 Å². The van der Waals surface area contributed by atoms with E-state index in [0.717, 1.165) is 11.1 Å². The van der Waals surface area contributed by atoms with Crippen molar-refractivity contribution in [2.45, 2.75) is 17.7 Å². The number of carbonyl (C=O) groups is 2.